The van der Waals surface area contributed by atoms with Crippen LogP contribution in [0.25, 0.3) is 11.1 Å². The summed E-state index contributed by atoms with van der Waals surface area (Å²) in [7, 11) is 0. The fourth-order valence-corrected chi connectivity index (χ4v) is 5.03. The summed E-state index contributed by atoms with van der Waals surface area (Å²) in [6.45, 7) is 5.42. The molecule has 1 saturated heterocycles. The van der Waals surface area contributed by atoms with Crippen LogP contribution in [-0.4, -0.2) is 45.6 Å². The van der Waals surface area contributed by atoms with Gasteiger partial charge >= 0.3 is 6.09 Å². The first kappa shape index (κ1) is 24.2. The lowest BCUT2D eigenvalue weighted by Crippen LogP contribution is -2.55. The van der Waals surface area contributed by atoms with Gasteiger partial charge in [-0.15, -0.1) is 0 Å². The molecule has 8 nitrogen and oxygen atoms in total. The van der Waals surface area contributed by atoms with Crippen molar-refractivity contribution in [3.05, 3.63) is 53.9 Å². The van der Waals surface area contributed by atoms with Crippen LogP contribution in [0.1, 0.15) is 51.3 Å². The van der Waals surface area contributed by atoms with Crippen LogP contribution in [0.3, 0.4) is 0 Å². The van der Waals surface area contributed by atoms with Gasteiger partial charge in [0.05, 0.1) is 6.07 Å². The van der Waals surface area contributed by atoms with E-state index in [2.05, 4.69) is 16.4 Å². The SMILES string of the molecule is CC(C)(C)OC(=O)N1C2CCC(C2)C1C(=O)NC(C#N)Cc1ccc(-c2ccnc(C#N)c2)cc1. The Balaban J connectivity index is 1.42. The van der Waals surface area contributed by atoms with Crippen LogP contribution in [0.5, 0.6) is 0 Å². The Morgan fingerprint density at radius 3 is 2.57 bits per heavy atom. The smallest absolute Gasteiger partial charge is 0.411 e. The molecule has 4 unspecified atom stereocenters. The number of hydrogen-bond acceptors (Lipinski definition) is 6. The number of nitriles is 2. The molecule has 2 amide bonds. The molecule has 2 aromatic rings. The normalized spacial score (nSPS) is 21.6. The molecule has 0 spiro atoms. The standard InChI is InChI=1S/C27H29N5O3/c1-27(2,3)35-26(34)32-23-9-8-20(14-23)24(32)25(33)31-22(16-29)12-17-4-6-18(7-5-17)19-10-11-30-21(13-19)15-28/h4-7,10-11,13,20,22-24H,8-9,12,14H2,1-3H3,(H,31,33). The summed E-state index contributed by atoms with van der Waals surface area (Å²) in [5, 5.41) is 21.6. The third-order valence-corrected chi connectivity index (χ3v) is 6.53. The molecule has 1 aliphatic heterocycles. The minimum atomic E-state index is -0.723. The predicted molar refractivity (Wildman–Crippen MR) is 129 cm³/mol. The highest BCUT2D eigenvalue weighted by Crippen LogP contribution is 2.43. The Labute approximate surface area is 205 Å². The van der Waals surface area contributed by atoms with Crippen LogP contribution in [0.4, 0.5) is 4.79 Å². The first-order chi connectivity index (χ1) is 16.7. The molecule has 1 aromatic carbocycles. The van der Waals surface area contributed by atoms with E-state index in [9.17, 15) is 14.9 Å². The third-order valence-electron chi connectivity index (χ3n) is 6.53. The van der Waals surface area contributed by atoms with Crippen molar-refractivity contribution in [2.24, 2.45) is 5.92 Å². The van der Waals surface area contributed by atoms with Gasteiger partial charge in [-0.25, -0.2) is 9.78 Å². The number of piperidine rings is 1. The summed E-state index contributed by atoms with van der Waals surface area (Å²) in [6, 6.07) is 14.1. The van der Waals surface area contributed by atoms with Gasteiger partial charge in [0.25, 0.3) is 0 Å². The van der Waals surface area contributed by atoms with Crippen molar-refractivity contribution in [1.82, 2.24) is 15.2 Å². The number of nitrogens with zero attached hydrogens (tertiary/aromatic N) is 4. The molecule has 1 saturated carbocycles. The van der Waals surface area contributed by atoms with Gasteiger partial charge in [0.2, 0.25) is 5.91 Å². The Morgan fingerprint density at radius 2 is 1.91 bits per heavy atom. The first-order valence-electron chi connectivity index (χ1n) is 11.9. The number of hydrogen-bond donors (Lipinski definition) is 1. The van der Waals surface area contributed by atoms with Crippen molar-refractivity contribution < 1.29 is 14.3 Å². The molecule has 0 radical (unpaired) electrons. The number of nitrogens with one attached hydrogen (secondary N) is 1. The quantitative estimate of drug-likeness (QED) is 0.705. The largest absolute Gasteiger partial charge is 0.444 e. The second-order valence-electron chi connectivity index (χ2n) is 10.2. The maximum atomic E-state index is 13.2. The zero-order valence-corrected chi connectivity index (χ0v) is 20.2. The van der Waals surface area contributed by atoms with Crippen LogP contribution < -0.4 is 5.32 Å². The number of carbonyl (C=O) groups excluding carboxylic acids is 2. The van der Waals surface area contributed by atoms with Crippen molar-refractivity contribution >= 4 is 12.0 Å². The lowest BCUT2D eigenvalue weighted by atomic mass is 9.97. The molecule has 2 fully saturated rings. The minimum Gasteiger partial charge on any atom is -0.444 e. The van der Waals surface area contributed by atoms with Gasteiger partial charge < -0.3 is 10.1 Å². The lowest BCUT2D eigenvalue weighted by molar-refractivity contribution is -0.128. The second-order valence-corrected chi connectivity index (χ2v) is 10.2. The predicted octanol–water partition coefficient (Wildman–Crippen LogP) is 3.96. The zero-order valence-electron chi connectivity index (χ0n) is 20.2. The summed E-state index contributed by atoms with van der Waals surface area (Å²) in [5.41, 5.74) is 2.41. The van der Waals surface area contributed by atoms with E-state index in [-0.39, 0.29) is 17.9 Å². The maximum Gasteiger partial charge on any atom is 0.411 e. The van der Waals surface area contributed by atoms with E-state index in [4.69, 9.17) is 10.00 Å². The molecule has 2 heterocycles. The number of amides is 2. The molecule has 1 N–H and O–H groups in total. The second kappa shape index (κ2) is 9.76. The molecule has 1 aliphatic carbocycles. The zero-order chi connectivity index (χ0) is 25.2. The Kier molecular flexibility index (Phi) is 6.75. The highest BCUT2D eigenvalue weighted by atomic mass is 16.6. The molecule has 4 atom stereocenters. The van der Waals surface area contributed by atoms with Gasteiger partial charge in [-0.05, 0) is 74.8 Å². The van der Waals surface area contributed by atoms with E-state index in [1.165, 1.54) is 0 Å². The van der Waals surface area contributed by atoms with Gasteiger partial charge in [0.15, 0.2) is 0 Å². The average molecular weight is 472 g/mol. The van der Waals surface area contributed by atoms with Gasteiger partial charge in [-0.1, -0.05) is 24.3 Å². The van der Waals surface area contributed by atoms with Crippen LogP contribution >= 0.6 is 0 Å². The van der Waals surface area contributed by atoms with Crippen molar-refractivity contribution in [3.8, 4) is 23.3 Å². The first-order valence-corrected chi connectivity index (χ1v) is 11.9. The van der Waals surface area contributed by atoms with Gasteiger partial charge in [0.1, 0.15) is 29.4 Å². The Hall–Kier alpha value is -3.91. The van der Waals surface area contributed by atoms with Gasteiger partial charge in [0, 0.05) is 18.7 Å². The third kappa shape index (κ3) is 5.44. The molecule has 2 aliphatic rings. The molecule has 35 heavy (non-hydrogen) atoms. The number of pyridine rings is 1. The highest BCUT2D eigenvalue weighted by Gasteiger charge is 2.52. The van der Waals surface area contributed by atoms with E-state index in [0.29, 0.717) is 12.1 Å². The number of benzene rings is 1. The fourth-order valence-electron chi connectivity index (χ4n) is 5.03. The van der Waals surface area contributed by atoms with Crippen LogP contribution in [0.2, 0.25) is 0 Å². The number of ether oxygens (including phenoxy) is 1. The average Bonchev–Trinajstić information content (AvgIpc) is 3.45. The summed E-state index contributed by atoms with van der Waals surface area (Å²) in [5.74, 6) is -0.211. The molecular weight excluding hydrogens is 442 g/mol. The fraction of sp³-hybridized carbons (Fsp3) is 0.444. The van der Waals surface area contributed by atoms with Crippen LogP contribution in [0, 0.1) is 28.6 Å². The Morgan fingerprint density at radius 1 is 1.17 bits per heavy atom. The number of fused-ring (bicyclic) bond motifs is 2. The van der Waals surface area contributed by atoms with E-state index in [1.54, 1.807) is 17.2 Å². The van der Waals surface area contributed by atoms with Crippen molar-refractivity contribution in [1.29, 1.82) is 10.5 Å². The number of rotatable bonds is 5. The van der Waals surface area contributed by atoms with E-state index >= 15 is 0 Å². The van der Waals surface area contributed by atoms with Crippen molar-refractivity contribution in [3.63, 3.8) is 0 Å². The minimum absolute atomic E-state index is 0.00779. The molecule has 1 aromatic heterocycles. The molecule has 2 bridgehead atoms. The lowest BCUT2D eigenvalue weighted by Gasteiger charge is -2.35. The van der Waals surface area contributed by atoms with Gasteiger partial charge in [-0.3, -0.25) is 9.69 Å². The molecule has 180 valence electrons. The van der Waals surface area contributed by atoms with E-state index < -0.39 is 23.8 Å². The molecule has 8 heteroatoms. The van der Waals surface area contributed by atoms with Crippen LogP contribution in [0.15, 0.2) is 42.6 Å². The summed E-state index contributed by atoms with van der Waals surface area (Å²) in [6.07, 6.45) is 4.02. The Bertz CT molecular complexity index is 1190. The van der Waals surface area contributed by atoms with E-state index in [1.807, 2.05) is 57.2 Å². The number of likely N-dealkylation sites (tertiary alicyclic amines) is 1. The molecular formula is C27H29N5O3. The monoisotopic (exact) mass is 471 g/mol. The number of aromatic nitrogens is 1. The highest BCUT2D eigenvalue weighted by molar-refractivity contribution is 5.87. The van der Waals surface area contributed by atoms with Crippen molar-refractivity contribution in [2.75, 3.05) is 0 Å². The maximum absolute atomic E-state index is 13.2. The summed E-state index contributed by atoms with van der Waals surface area (Å²) >= 11 is 0. The molecule has 4 rings (SSSR count). The van der Waals surface area contributed by atoms with E-state index in [0.717, 1.165) is 36.0 Å². The topological polar surface area (TPSA) is 119 Å². The number of carbonyl (C=O) groups is 2. The van der Waals surface area contributed by atoms with Gasteiger partial charge in [-0.2, -0.15) is 10.5 Å². The summed E-state index contributed by atoms with van der Waals surface area (Å²) < 4.78 is 5.56. The summed E-state index contributed by atoms with van der Waals surface area (Å²) in [4.78, 5) is 31.6. The van der Waals surface area contributed by atoms with Crippen LogP contribution in [-0.2, 0) is 16.0 Å². The van der Waals surface area contributed by atoms with Crippen molar-refractivity contribution in [2.45, 2.75) is 70.2 Å².